The second-order valence-electron chi connectivity index (χ2n) is 7.65. The number of carbonyl (C=O) groups excluding carboxylic acids is 1. The van der Waals surface area contributed by atoms with Gasteiger partial charge in [0, 0.05) is 16.8 Å². The van der Waals surface area contributed by atoms with Crippen LogP contribution in [0.4, 0.5) is 16.3 Å². The summed E-state index contributed by atoms with van der Waals surface area (Å²) in [6.45, 7) is 0. The molecule has 1 aliphatic rings. The largest absolute Gasteiger partial charge is 0.324 e. The number of amides is 1. The highest BCUT2D eigenvalue weighted by Crippen LogP contribution is 2.33. The molecule has 5 rings (SSSR count). The van der Waals surface area contributed by atoms with Crippen LogP contribution in [-0.2, 0) is 4.79 Å². The van der Waals surface area contributed by atoms with Crippen LogP contribution in [0, 0.1) is 5.82 Å². The molecule has 0 saturated heterocycles. The van der Waals surface area contributed by atoms with Crippen molar-refractivity contribution in [3.05, 3.63) is 119 Å². The Balaban J connectivity index is 1.42. The van der Waals surface area contributed by atoms with Gasteiger partial charge in [0.15, 0.2) is 0 Å². The van der Waals surface area contributed by atoms with Crippen LogP contribution in [0.2, 0.25) is 5.02 Å². The third kappa shape index (κ3) is 4.74. The van der Waals surface area contributed by atoms with Crippen LogP contribution in [0.15, 0.2) is 91.0 Å². The first kappa shape index (κ1) is 21.6. The topological polar surface area (TPSA) is 71.8 Å². The van der Waals surface area contributed by atoms with Crippen LogP contribution in [0.1, 0.15) is 22.7 Å². The maximum Gasteiger partial charge on any atom is 0.250 e. The van der Waals surface area contributed by atoms with Crippen LogP contribution < -0.4 is 10.6 Å². The summed E-state index contributed by atoms with van der Waals surface area (Å²) in [6, 6.07) is 23.0. The fourth-order valence-electron chi connectivity index (χ4n) is 3.63. The van der Waals surface area contributed by atoms with Crippen LogP contribution in [0.3, 0.4) is 0 Å². The van der Waals surface area contributed by atoms with Gasteiger partial charge in [0.05, 0.1) is 0 Å². The van der Waals surface area contributed by atoms with E-state index in [1.54, 1.807) is 22.9 Å². The summed E-state index contributed by atoms with van der Waals surface area (Å²) in [7, 11) is 0. The fraction of sp³-hybridized carbons (Fsp3) is 0.0385. The molecule has 0 fully saturated rings. The van der Waals surface area contributed by atoms with E-state index in [0.29, 0.717) is 16.5 Å². The lowest BCUT2D eigenvalue weighted by molar-refractivity contribution is -0.111. The van der Waals surface area contributed by atoms with Gasteiger partial charge in [-0.05, 0) is 53.1 Å². The predicted octanol–water partition coefficient (Wildman–Crippen LogP) is 5.78. The smallest absolute Gasteiger partial charge is 0.250 e. The second kappa shape index (κ2) is 9.33. The molecule has 0 spiro atoms. The number of anilines is 2. The summed E-state index contributed by atoms with van der Waals surface area (Å²) < 4.78 is 14.8. The monoisotopic (exact) mass is 471 g/mol. The minimum absolute atomic E-state index is 0.165. The molecule has 34 heavy (non-hydrogen) atoms. The highest BCUT2D eigenvalue weighted by Gasteiger charge is 2.25. The molecular weight excluding hydrogens is 453 g/mol. The number of carbonyl (C=O) groups is 1. The van der Waals surface area contributed by atoms with Crippen molar-refractivity contribution in [1.82, 2.24) is 14.8 Å². The number of allylic oxidation sites excluding steroid dienone is 1. The van der Waals surface area contributed by atoms with Crippen molar-refractivity contribution in [2.24, 2.45) is 0 Å². The SMILES string of the molecule is O=C(/C=C/c1ccc(F)cc1)Nc1nc2n(n1)C(c1ccc(Cl)cc1)C=C(c1ccccc1)N2. The van der Waals surface area contributed by atoms with Crippen molar-refractivity contribution in [3.8, 4) is 0 Å². The van der Waals surface area contributed by atoms with E-state index in [0.717, 1.165) is 16.8 Å². The Morgan fingerprint density at radius 2 is 1.76 bits per heavy atom. The summed E-state index contributed by atoms with van der Waals surface area (Å²) in [6.07, 6.45) is 5.00. The Morgan fingerprint density at radius 3 is 2.50 bits per heavy atom. The molecule has 0 bridgehead atoms. The van der Waals surface area contributed by atoms with Gasteiger partial charge in [-0.2, -0.15) is 4.98 Å². The van der Waals surface area contributed by atoms with Gasteiger partial charge in [0.25, 0.3) is 11.9 Å². The zero-order valence-corrected chi connectivity index (χ0v) is 18.6. The number of rotatable bonds is 5. The first-order valence-corrected chi connectivity index (χ1v) is 10.9. The van der Waals surface area contributed by atoms with Crippen LogP contribution >= 0.6 is 11.6 Å². The summed E-state index contributed by atoms with van der Waals surface area (Å²) in [5.41, 5.74) is 3.56. The lowest BCUT2D eigenvalue weighted by atomic mass is 10.0. The van der Waals surface area contributed by atoms with E-state index < -0.39 is 5.91 Å². The molecule has 0 aliphatic carbocycles. The van der Waals surface area contributed by atoms with Gasteiger partial charge in [-0.3, -0.25) is 10.1 Å². The molecule has 2 N–H and O–H groups in total. The minimum Gasteiger partial charge on any atom is -0.324 e. The predicted molar refractivity (Wildman–Crippen MR) is 132 cm³/mol. The Kier molecular flexibility index (Phi) is 5.93. The Labute approximate surface area is 200 Å². The highest BCUT2D eigenvalue weighted by atomic mass is 35.5. The van der Waals surface area contributed by atoms with Crippen molar-refractivity contribution < 1.29 is 9.18 Å². The zero-order chi connectivity index (χ0) is 23.5. The maximum atomic E-state index is 13.1. The van der Waals surface area contributed by atoms with E-state index in [9.17, 15) is 9.18 Å². The number of hydrogen-bond acceptors (Lipinski definition) is 4. The van der Waals surface area contributed by atoms with Gasteiger partial charge in [-0.1, -0.05) is 66.2 Å². The van der Waals surface area contributed by atoms with Crippen LogP contribution in [0.5, 0.6) is 0 Å². The average molecular weight is 472 g/mol. The highest BCUT2D eigenvalue weighted by molar-refractivity contribution is 6.30. The van der Waals surface area contributed by atoms with Crippen molar-refractivity contribution in [3.63, 3.8) is 0 Å². The Hall–Kier alpha value is -4.23. The first-order valence-electron chi connectivity index (χ1n) is 10.6. The molecule has 1 aliphatic heterocycles. The van der Waals surface area contributed by atoms with Crippen molar-refractivity contribution in [1.29, 1.82) is 0 Å². The first-order chi connectivity index (χ1) is 16.5. The van der Waals surface area contributed by atoms with Gasteiger partial charge in [-0.25, -0.2) is 9.07 Å². The van der Waals surface area contributed by atoms with Crippen molar-refractivity contribution in [2.45, 2.75) is 6.04 Å². The van der Waals surface area contributed by atoms with Crippen LogP contribution in [-0.4, -0.2) is 20.7 Å². The number of halogens is 2. The number of aromatic nitrogens is 3. The standard InChI is InChI=1S/C26H19ClFN5O/c27-20-11-9-19(10-12-20)23-16-22(18-4-2-1-3-5-18)29-26-31-25(32-33(23)26)30-24(34)15-8-17-6-13-21(28)14-7-17/h1-16,23H,(H2,29,30,31,32,34)/b15-8+. The maximum absolute atomic E-state index is 13.1. The fourth-order valence-corrected chi connectivity index (χ4v) is 3.75. The van der Waals surface area contributed by atoms with Crippen molar-refractivity contribution in [2.75, 3.05) is 10.6 Å². The molecule has 4 aromatic rings. The molecular formula is C26H19ClFN5O. The molecule has 1 atom stereocenters. The molecule has 2 heterocycles. The minimum atomic E-state index is -0.397. The van der Waals surface area contributed by atoms with Gasteiger partial charge in [-0.15, -0.1) is 5.10 Å². The molecule has 0 radical (unpaired) electrons. The van der Waals surface area contributed by atoms with E-state index >= 15 is 0 Å². The Morgan fingerprint density at radius 1 is 1.03 bits per heavy atom. The molecule has 3 aromatic carbocycles. The summed E-state index contributed by atoms with van der Waals surface area (Å²) in [5, 5.41) is 11.1. The van der Waals surface area contributed by atoms with Gasteiger partial charge in [0.2, 0.25) is 5.95 Å². The molecule has 8 heteroatoms. The number of nitrogens with one attached hydrogen (secondary N) is 2. The van der Waals surface area contributed by atoms with E-state index in [4.69, 9.17) is 11.6 Å². The summed E-state index contributed by atoms with van der Waals surface area (Å²) in [5.74, 6) is -0.0655. The third-order valence-electron chi connectivity index (χ3n) is 5.29. The second-order valence-corrected chi connectivity index (χ2v) is 8.08. The van der Waals surface area contributed by atoms with Gasteiger partial charge < -0.3 is 5.32 Å². The molecule has 1 aromatic heterocycles. The lowest BCUT2D eigenvalue weighted by Crippen LogP contribution is -2.20. The molecule has 0 saturated carbocycles. The number of fused-ring (bicyclic) bond motifs is 1. The molecule has 1 unspecified atom stereocenters. The third-order valence-corrected chi connectivity index (χ3v) is 5.55. The van der Waals surface area contributed by atoms with E-state index in [1.807, 2.05) is 54.6 Å². The molecule has 6 nitrogen and oxygen atoms in total. The van der Waals surface area contributed by atoms with Crippen LogP contribution in [0.25, 0.3) is 11.8 Å². The van der Waals surface area contributed by atoms with E-state index in [-0.39, 0.29) is 17.8 Å². The summed E-state index contributed by atoms with van der Waals surface area (Å²) in [4.78, 5) is 16.9. The normalized spacial score (nSPS) is 14.9. The Bertz CT molecular complexity index is 1380. The lowest BCUT2D eigenvalue weighted by Gasteiger charge is -2.24. The van der Waals surface area contributed by atoms with E-state index in [2.05, 4.69) is 26.8 Å². The van der Waals surface area contributed by atoms with Crippen molar-refractivity contribution >= 4 is 41.2 Å². The summed E-state index contributed by atoms with van der Waals surface area (Å²) >= 11 is 6.08. The number of nitrogens with zero attached hydrogens (tertiary/aromatic N) is 3. The molecule has 168 valence electrons. The zero-order valence-electron chi connectivity index (χ0n) is 17.8. The van der Waals surface area contributed by atoms with E-state index in [1.165, 1.54) is 18.2 Å². The number of hydrogen-bond donors (Lipinski definition) is 2. The van der Waals surface area contributed by atoms with Gasteiger partial charge in [0.1, 0.15) is 11.9 Å². The molecule has 1 amide bonds. The average Bonchev–Trinajstić information content (AvgIpc) is 3.26. The number of benzene rings is 3. The quantitative estimate of drug-likeness (QED) is 0.362. The van der Waals surface area contributed by atoms with Gasteiger partial charge >= 0.3 is 0 Å².